The van der Waals surface area contributed by atoms with Crippen molar-refractivity contribution >= 4 is 11.8 Å². The van der Waals surface area contributed by atoms with Crippen molar-refractivity contribution in [1.29, 1.82) is 0 Å². The maximum atomic E-state index is 13.2. The molecule has 0 bridgehead atoms. The van der Waals surface area contributed by atoms with Crippen molar-refractivity contribution < 1.29 is 4.39 Å². The van der Waals surface area contributed by atoms with Crippen LogP contribution < -0.4 is 11.1 Å². The summed E-state index contributed by atoms with van der Waals surface area (Å²) in [5, 5.41) is 3.46. The van der Waals surface area contributed by atoms with Gasteiger partial charge < -0.3 is 11.1 Å². The zero-order valence-corrected chi connectivity index (χ0v) is 15.4. The number of hydrogen-bond acceptors (Lipinski definition) is 3. The standard InChI is InChI=1S/C22H23FN2S/c23-20-9-5-6-17(14-20)12-13-25-16-19-8-2-4-11-22(19)26-21-10-3-1-7-18(21)15-24/h1-11,14,25H,12-13,15-16,24H2. The molecule has 0 aromatic heterocycles. The molecule has 26 heavy (non-hydrogen) atoms. The quantitative estimate of drug-likeness (QED) is 0.564. The zero-order valence-electron chi connectivity index (χ0n) is 14.6. The van der Waals surface area contributed by atoms with Crippen LogP contribution in [0.15, 0.2) is 82.6 Å². The lowest BCUT2D eigenvalue weighted by atomic mass is 10.1. The second-order valence-corrected chi connectivity index (χ2v) is 7.16. The van der Waals surface area contributed by atoms with Crippen molar-refractivity contribution in [2.45, 2.75) is 29.3 Å². The van der Waals surface area contributed by atoms with Crippen molar-refractivity contribution in [2.75, 3.05) is 6.54 Å². The maximum Gasteiger partial charge on any atom is 0.123 e. The molecule has 0 unspecified atom stereocenters. The summed E-state index contributed by atoms with van der Waals surface area (Å²) in [5.41, 5.74) is 9.28. The largest absolute Gasteiger partial charge is 0.326 e. The molecule has 0 aliphatic rings. The van der Waals surface area contributed by atoms with Gasteiger partial charge in [0.15, 0.2) is 0 Å². The van der Waals surface area contributed by atoms with Gasteiger partial charge in [0, 0.05) is 22.9 Å². The molecule has 0 saturated heterocycles. The van der Waals surface area contributed by atoms with Crippen LogP contribution >= 0.6 is 11.8 Å². The fraction of sp³-hybridized carbons (Fsp3) is 0.182. The van der Waals surface area contributed by atoms with E-state index in [-0.39, 0.29) is 5.82 Å². The molecular weight excluding hydrogens is 343 g/mol. The predicted molar refractivity (Wildman–Crippen MR) is 107 cm³/mol. The van der Waals surface area contributed by atoms with Crippen molar-refractivity contribution in [1.82, 2.24) is 5.32 Å². The molecule has 0 aliphatic carbocycles. The third-order valence-electron chi connectivity index (χ3n) is 4.18. The molecule has 0 heterocycles. The van der Waals surface area contributed by atoms with Crippen LogP contribution in [0.2, 0.25) is 0 Å². The summed E-state index contributed by atoms with van der Waals surface area (Å²) in [6, 6.07) is 23.4. The highest BCUT2D eigenvalue weighted by Gasteiger charge is 2.07. The van der Waals surface area contributed by atoms with Gasteiger partial charge in [-0.3, -0.25) is 0 Å². The molecule has 4 heteroatoms. The highest BCUT2D eigenvalue weighted by Crippen LogP contribution is 2.32. The Bertz CT molecular complexity index is 851. The minimum Gasteiger partial charge on any atom is -0.326 e. The van der Waals surface area contributed by atoms with Crippen LogP contribution in [0.25, 0.3) is 0 Å². The summed E-state index contributed by atoms with van der Waals surface area (Å²) in [4.78, 5) is 2.42. The lowest BCUT2D eigenvalue weighted by molar-refractivity contribution is 0.622. The van der Waals surface area contributed by atoms with Crippen molar-refractivity contribution in [2.24, 2.45) is 5.73 Å². The van der Waals surface area contributed by atoms with E-state index in [4.69, 9.17) is 5.73 Å². The van der Waals surface area contributed by atoms with E-state index in [2.05, 4.69) is 41.7 Å². The number of nitrogens with one attached hydrogen (secondary N) is 1. The van der Waals surface area contributed by atoms with Gasteiger partial charge in [-0.05, 0) is 53.9 Å². The van der Waals surface area contributed by atoms with E-state index in [9.17, 15) is 4.39 Å². The lowest BCUT2D eigenvalue weighted by Crippen LogP contribution is -2.17. The third kappa shape index (κ3) is 5.18. The normalized spacial score (nSPS) is 10.8. The molecule has 0 spiro atoms. The Morgan fingerprint density at radius 2 is 1.54 bits per heavy atom. The van der Waals surface area contributed by atoms with Gasteiger partial charge >= 0.3 is 0 Å². The van der Waals surface area contributed by atoms with Crippen LogP contribution in [0.4, 0.5) is 4.39 Å². The molecule has 134 valence electrons. The Balaban J connectivity index is 1.60. The molecule has 0 aliphatic heterocycles. The first-order valence-corrected chi connectivity index (χ1v) is 9.57. The average Bonchev–Trinajstić information content (AvgIpc) is 2.67. The van der Waals surface area contributed by atoms with Crippen LogP contribution in [0.3, 0.4) is 0 Å². The molecule has 3 N–H and O–H groups in total. The van der Waals surface area contributed by atoms with Gasteiger partial charge in [0.25, 0.3) is 0 Å². The van der Waals surface area contributed by atoms with E-state index in [1.54, 1.807) is 23.9 Å². The first-order valence-electron chi connectivity index (χ1n) is 8.75. The first kappa shape index (κ1) is 18.6. The van der Waals surface area contributed by atoms with Gasteiger partial charge in [-0.1, -0.05) is 60.3 Å². The van der Waals surface area contributed by atoms with Gasteiger partial charge in [0.05, 0.1) is 0 Å². The van der Waals surface area contributed by atoms with Gasteiger partial charge in [0.2, 0.25) is 0 Å². The molecule has 0 saturated carbocycles. The van der Waals surface area contributed by atoms with Gasteiger partial charge in [0.1, 0.15) is 5.82 Å². The average molecular weight is 367 g/mol. The summed E-state index contributed by atoms with van der Waals surface area (Å²) in [5.74, 6) is -0.178. The summed E-state index contributed by atoms with van der Waals surface area (Å²) in [6.45, 7) is 2.13. The smallest absolute Gasteiger partial charge is 0.123 e. The Morgan fingerprint density at radius 3 is 2.27 bits per heavy atom. The number of halogens is 1. The van der Waals surface area contributed by atoms with Crippen molar-refractivity contribution in [3.63, 3.8) is 0 Å². The van der Waals surface area contributed by atoms with Crippen LogP contribution in [-0.4, -0.2) is 6.54 Å². The van der Waals surface area contributed by atoms with Gasteiger partial charge in [-0.2, -0.15) is 0 Å². The van der Waals surface area contributed by atoms with E-state index in [1.165, 1.54) is 21.4 Å². The first-order chi connectivity index (χ1) is 12.8. The molecular formula is C22H23FN2S. The van der Waals surface area contributed by atoms with Gasteiger partial charge in [-0.15, -0.1) is 0 Å². The van der Waals surface area contributed by atoms with Gasteiger partial charge in [-0.25, -0.2) is 4.39 Å². The number of nitrogens with two attached hydrogens (primary N) is 1. The van der Waals surface area contributed by atoms with Crippen molar-refractivity contribution in [3.8, 4) is 0 Å². The second-order valence-electron chi connectivity index (χ2n) is 6.08. The minimum atomic E-state index is -0.178. The summed E-state index contributed by atoms with van der Waals surface area (Å²) in [6.07, 6.45) is 0.809. The van der Waals surface area contributed by atoms with Crippen LogP contribution in [0.1, 0.15) is 16.7 Å². The number of hydrogen-bond donors (Lipinski definition) is 2. The SMILES string of the molecule is NCc1ccccc1Sc1ccccc1CNCCc1cccc(F)c1. The summed E-state index contributed by atoms with van der Waals surface area (Å²) in [7, 11) is 0. The van der Waals surface area contributed by atoms with Crippen LogP contribution in [0.5, 0.6) is 0 Å². The third-order valence-corrected chi connectivity index (χ3v) is 5.42. The summed E-state index contributed by atoms with van der Waals surface area (Å²) >= 11 is 1.75. The lowest BCUT2D eigenvalue weighted by Gasteiger charge is -2.12. The predicted octanol–water partition coefficient (Wildman–Crippen LogP) is 4.77. The molecule has 0 fully saturated rings. The van der Waals surface area contributed by atoms with E-state index in [0.29, 0.717) is 6.54 Å². The Kier molecular flexibility index (Phi) is 6.83. The maximum absolute atomic E-state index is 13.2. The zero-order chi connectivity index (χ0) is 18.2. The van der Waals surface area contributed by atoms with E-state index >= 15 is 0 Å². The van der Waals surface area contributed by atoms with Crippen molar-refractivity contribution in [3.05, 3.63) is 95.3 Å². The number of rotatable bonds is 8. The number of benzene rings is 3. The minimum absolute atomic E-state index is 0.178. The topological polar surface area (TPSA) is 38.0 Å². The fourth-order valence-corrected chi connectivity index (χ4v) is 3.87. The van der Waals surface area contributed by atoms with E-state index < -0.39 is 0 Å². The highest BCUT2D eigenvalue weighted by atomic mass is 32.2. The van der Waals surface area contributed by atoms with E-state index in [0.717, 1.165) is 30.6 Å². The molecule has 0 atom stereocenters. The molecule has 2 nitrogen and oxygen atoms in total. The molecule has 3 aromatic rings. The molecule has 3 aromatic carbocycles. The molecule has 0 amide bonds. The monoisotopic (exact) mass is 366 g/mol. The summed E-state index contributed by atoms with van der Waals surface area (Å²) < 4.78 is 13.2. The van der Waals surface area contributed by atoms with E-state index in [1.807, 2.05) is 18.2 Å². The highest BCUT2D eigenvalue weighted by molar-refractivity contribution is 7.99. The second kappa shape index (κ2) is 9.53. The fourth-order valence-electron chi connectivity index (χ4n) is 2.79. The molecule has 0 radical (unpaired) electrons. The van der Waals surface area contributed by atoms with Crippen LogP contribution in [-0.2, 0) is 19.5 Å². The Labute approximate surface area is 158 Å². The Hall–Kier alpha value is -2.14. The molecule has 3 rings (SSSR count). The van der Waals surface area contributed by atoms with Crippen LogP contribution in [0, 0.1) is 5.82 Å². The Morgan fingerprint density at radius 1 is 0.846 bits per heavy atom.